The Bertz CT molecular complexity index is 468. The van der Waals surface area contributed by atoms with Gasteiger partial charge in [0.1, 0.15) is 0 Å². The van der Waals surface area contributed by atoms with Crippen LogP contribution in [-0.4, -0.2) is 48.3 Å². The Labute approximate surface area is 119 Å². The van der Waals surface area contributed by atoms with Gasteiger partial charge >= 0.3 is 0 Å². The lowest BCUT2D eigenvalue weighted by atomic mass is 10.0. The number of carbonyl (C=O) groups excluding carboxylic acids is 1. The number of likely N-dealkylation sites (tertiary alicyclic amines) is 1. The maximum absolute atomic E-state index is 12.4. The number of aliphatic hydroxyl groups excluding tert-OH is 1. The highest BCUT2D eigenvalue weighted by Crippen LogP contribution is 2.19. The lowest BCUT2D eigenvalue weighted by molar-refractivity contribution is -0.00554. The number of amides is 1. The van der Waals surface area contributed by atoms with Crippen LogP contribution in [-0.2, 0) is 4.74 Å². The number of nitrogens with two attached hydrogens (primary N) is 1. The molecule has 1 heterocycles. The van der Waals surface area contributed by atoms with Gasteiger partial charge < -0.3 is 20.5 Å². The van der Waals surface area contributed by atoms with Crippen LogP contribution in [0, 0.1) is 6.92 Å². The average Bonchev–Trinajstić information content (AvgIpc) is 2.48. The molecule has 0 unspecified atom stereocenters. The van der Waals surface area contributed by atoms with E-state index in [4.69, 9.17) is 15.6 Å². The van der Waals surface area contributed by atoms with Gasteiger partial charge in [-0.3, -0.25) is 4.79 Å². The van der Waals surface area contributed by atoms with Gasteiger partial charge in [0.15, 0.2) is 0 Å². The fourth-order valence-electron chi connectivity index (χ4n) is 2.40. The Morgan fingerprint density at radius 2 is 2.15 bits per heavy atom. The van der Waals surface area contributed by atoms with Crippen molar-refractivity contribution in [1.82, 2.24) is 4.90 Å². The molecule has 1 aliphatic heterocycles. The molecule has 1 fully saturated rings. The number of anilines is 1. The molecule has 20 heavy (non-hydrogen) atoms. The number of hydrogen-bond donors (Lipinski definition) is 2. The summed E-state index contributed by atoms with van der Waals surface area (Å²) in [5.41, 5.74) is 8.13. The van der Waals surface area contributed by atoms with E-state index in [1.54, 1.807) is 6.07 Å². The number of benzene rings is 1. The summed E-state index contributed by atoms with van der Waals surface area (Å²) in [7, 11) is 0. The zero-order chi connectivity index (χ0) is 14.5. The second kappa shape index (κ2) is 6.72. The Morgan fingerprint density at radius 1 is 1.45 bits per heavy atom. The number of piperidine rings is 1. The summed E-state index contributed by atoms with van der Waals surface area (Å²) in [4.78, 5) is 14.2. The van der Waals surface area contributed by atoms with Gasteiger partial charge in [0.2, 0.25) is 0 Å². The zero-order valence-electron chi connectivity index (χ0n) is 11.8. The maximum atomic E-state index is 12.4. The number of ether oxygens (including phenoxy) is 1. The zero-order valence-corrected chi connectivity index (χ0v) is 11.8. The highest BCUT2D eigenvalue weighted by atomic mass is 16.5. The largest absolute Gasteiger partial charge is 0.398 e. The minimum Gasteiger partial charge on any atom is -0.398 e. The number of aryl methyl sites for hydroxylation is 1. The van der Waals surface area contributed by atoms with Crippen molar-refractivity contribution in [3.05, 3.63) is 29.3 Å². The van der Waals surface area contributed by atoms with E-state index in [2.05, 4.69) is 0 Å². The fraction of sp³-hybridized carbons (Fsp3) is 0.533. The smallest absolute Gasteiger partial charge is 0.253 e. The molecular weight excluding hydrogens is 256 g/mol. The lowest BCUT2D eigenvalue weighted by Crippen LogP contribution is -2.41. The summed E-state index contributed by atoms with van der Waals surface area (Å²) in [6.45, 7) is 3.70. The molecule has 1 aliphatic rings. The van der Waals surface area contributed by atoms with Gasteiger partial charge in [-0.2, -0.15) is 0 Å². The van der Waals surface area contributed by atoms with E-state index in [1.165, 1.54) is 0 Å². The minimum atomic E-state index is 0.0253. The topological polar surface area (TPSA) is 75.8 Å². The van der Waals surface area contributed by atoms with Crippen LogP contribution < -0.4 is 5.73 Å². The first-order valence-electron chi connectivity index (χ1n) is 6.99. The van der Waals surface area contributed by atoms with Crippen LogP contribution in [0.4, 0.5) is 5.69 Å². The van der Waals surface area contributed by atoms with Gasteiger partial charge in [-0.1, -0.05) is 6.07 Å². The quantitative estimate of drug-likeness (QED) is 0.811. The molecule has 3 N–H and O–H groups in total. The second-order valence-electron chi connectivity index (χ2n) is 5.16. The second-order valence-corrected chi connectivity index (χ2v) is 5.16. The molecule has 1 saturated heterocycles. The van der Waals surface area contributed by atoms with Crippen LogP contribution in [0.15, 0.2) is 18.2 Å². The van der Waals surface area contributed by atoms with Gasteiger partial charge in [-0.05, 0) is 37.5 Å². The summed E-state index contributed by atoms with van der Waals surface area (Å²) >= 11 is 0. The Kier molecular flexibility index (Phi) is 4.98. The maximum Gasteiger partial charge on any atom is 0.253 e. The SMILES string of the molecule is Cc1ccc(C(=O)N2CCC(OCCO)CC2)cc1N. The van der Waals surface area contributed by atoms with Gasteiger partial charge in [0.05, 0.1) is 19.3 Å². The van der Waals surface area contributed by atoms with Gasteiger partial charge in [-0.25, -0.2) is 0 Å². The van der Waals surface area contributed by atoms with Crippen molar-refractivity contribution >= 4 is 11.6 Å². The standard InChI is InChI=1S/C15H22N2O3/c1-11-2-3-12(10-14(11)16)15(19)17-6-4-13(5-7-17)20-9-8-18/h2-3,10,13,18H,4-9,16H2,1H3. The first kappa shape index (κ1) is 14.8. The Hall–Kier alpha value is -1.59. The molecular formula is C15H22N2O3. The molecule has 5 heteroatoms. The number of nitrogens with zero attached hydrogens (tertiary/aromatic N) is 1. The molecule has 0 aromatic heterocycles. The van der Waals surface area contributed by atoms with Crippen molar-refractivity contribution in [3.8, 4) is 0 Å². The van der Waals surface area contributed by atoms with Gasteiger partial charge in [0.25, 0.3) is 5.91 Å². The molecule has 0 aliphatic carbocycles. The van der Waals surface area contributed by atoms with Crippen molar-refractivity contribution in [1.29, 1.82) is 0 Å². The summed E-state index contributed by atoms with van der Waals surface area (Å²) in [6, 6.07) is 5.44. The number of carbonyl (C=O) groups is 1. The first-order valence-corrected chi connectivity index (χ1v) is 6.99. The van der Waals surface area contributed by atoms with Crippen molar-refractivity contribution in [3.63, 3.8) is 0 Å². The molecule has 1 aromatic rings. The molecule has 0 spiro atoms. The predicted molar refractivity (Wildman–Crippen MR) is 77.6 cm³/mol. The predicted octanol–water partition coefficient (Wildman–Crippen LogP) is 1.19. The molecule has 1 aromatic carbocycles. The lowest BCUT2D eigenvalue weighted by Gasteiger charge is -2.32. The highest BCUT2D eigenvalue weighted by Gasteiger charge is 2.24. The van der Waals surface area contributed by atoms with E-state index in [9.17, 15) is 4.79 Å². The van der Waals surface area contributed by atoms with Crippen molar-refractivity contribution in [2.75, 3.05) is 32.0 Å². The molecule has 5 nitrogen and oxygen atoms in total. The normalized spacial score (nSPS) is 16.4. The van der Waals surface area contributed by atoms with Crippen LogP contribution in [0.25, 0.3) is 0 Å². The van der Waals surface area contributed by atoms with E-state index in [1.807, 2.05) is 24.0 Å². The average molecular weight is 278 g/mol. The molecule has 2 rings (SSSR count). The summed E-state index contributed by atoms with van der Waals surface area (Å²) in [5.74, 6) is 0.0253. The van der Waals surface area contributed by atoms with Gasteiger partial charge in [0, 0.05) is 24.3 Å². The molecule has 110 valence electrons. The Balaban J connectivity index is 1.92. The van der Waals surface area contributed by atoms with E-state index in [0.29, 0.717) is 30.9 Å². The van der Waals surface area contributed by atoms with E-state index in [-0.39, 0.29) is 18.6 Å². The number of rotatable bonds is 4. The van der Waals surface area contributed by atoms with Gasteiger partial charge in [-0.15, -0.1) is 0 Å². The molecule has 1 amide bonds. The summed E-state index contributed by atoms with van der Waals surface area (Å²) < 4.78 is 5.49. The van der Waals surface area contributed by atoms with Crippen molar-refractivity contribution < 1.29 is 14.6 Å². The summed E-state index contributed by atoms with van der Waals surface area (Å²) in [6.07, 6.45) is 1.77. The van der Waals surface area contributed by atoms with E-state index < -0.39 is 0 Å². The van der Waals surface area contributed by atoms with Crippen LogP contribution in [0.5, 0.6) is 0 Å². The van der Waals surface area contributed by atoms with E-state index in [0.717, 1.165) is 18.4 Å². The number of aliphatic hydroxyl groups is 1. The van der Waals surface area contributed by atoms with Crippen molar-refractivity contribution in [2.24, 2.45) is 0 Å². The monoisotopic (exact) mass is 278 g/mol. The minimum absolute atomic E-state index is 0.0253. The Morgan fingerprint density at radius 3 is 2.75 bits per heavy atom. The van der Waals surface area contributed by atoms with Crippen molar-refractivity contribution in [2.45, 2.75) is 25.9 Å². The number of hydrogen-bond acceptors (Lipinski definition) is 4. The van der Waals surface area contributed by atoms with Crippen LogP contribution in [0.3, 0.4) is 0 Å². The number of nitrogen functional groups attached to an aromatic ring is 1. The van der Waals surface area contributed by atoms with Crippen LogP contribution in [0.1, 0.15) is 28.8 Å². The molecule has 0 saturated carbocycles. The third-order valence-electron chi connectivity index (χ3n) is 3.70. The van der Waals surface area contributed by atoms with Crippen LogP contribution in [0.2, 0.25) is 0 Å². The fourth-order valence-corrected chi connectivity index (χ4v) is 2.40. The third-order valence-corrected chi connectivity index (χ3v) is 3.70. The van der Waals surface area contributed by atoms with E-state index >= 15 is 0 Å². The molecule has 0 radical (unpaired) electrons. The molecule has 0 bridgehead atoms. The third kappa shape index (κ3) is 3.49. The highest BCUT2D eigenvalue weighted by molar-refractivity contribution is 5.95. The molecule has 0 atom stereocenters. The summed E-state index contributed by atoms with van der Waals surface area (Å²) in [5, 5.41) is 8.73. The first-order chi connectivity index (χ1) is 9.61. The van der Waals surface area contributed by atoms with Crippen LogP contribution >= 0.6 is 0 Å².